The SMILES string of the molecule is O=C(N[C@@H]1CCC[C@H](Nc2cc(C(F)(F)F)nc3ccc(Cl)cc23)C1)c1ccn2cncc2c1. The van der Waals surface area contributed by atoms with Gasteiger partial charge in [0.25, 0.3) is 5.91 Å². The summed E-state index contributed by atoms with van der Waals surface area (Å²) in [6, 6.07) is 8.94. The Kier molecular flexibility index (Phi) is 5.81. The minimum absolute atomic E-state index is 0.0985. The van der Waals surface area contributed by atoms with Crippen molar-refractivity contribution in [3.8, 4) is 0 Å². The minimum atomic E-state index is -4.57. The molecule has 0 saturated heterocycles. The number of carbonyl (C=O) groups excluding carboxylic acids is 1. The van der Waals surface area contributed by atoms with Gasteiger partial charge in [0, 0.05) is 39.9 Å². The fraction of sp³-hybridized carbons (Fsp3) is 0.292. The molecule has 2 N–H and O–H groups in total. The fourth-order valence-electron chi connectivity index (χ4n) is 4.46. The zero-order chi connectivity index (χ0) is 23.9. The van der Waals surface area contributed by atoms with E-state index in [9.17, 15) is 18.0 Å². The Morgan fingerprint density at radius 2 is 1.94 bits per heavy atom. The molecule has 0 aliphatic heterocycles. The number of hydrogen-bond acceptors (Lipinski definition) is 4. The predicted molar refractivity (Wildman–Crippen MR) is 124 cm³/mol. The molecular formula is C24H21ClF3N5O. The van der Waals surface area contributed by atoms with Crippen LogP contribution in [0.5, 0.6) is 0 Å². The molecule has 0 spiro atoms. The van der Waals surface area contributed by atoms with E-state index in [0.717, 1.165) is 30.8 Å². The van der Waals surface area contributed by atoms with Crippen LogP contribution in [0.3, 0.4) is 0 Å². The number of imidazole rings is 1. The summed E-state index contributed by atoms with van der Waals surface area (Å²) < 4.78 is 42.1. The summed E-state index contributed by atoms with van der Waals surface area (Å²) >= 11 is 6.10. The van der Waals surface area contributed by atoms with Crippen molar-refractivity contribution in [2.45, 2.75) is 43.9 Å². The highest BCUT2D eigenvalue weighted by molar-refractivity contribution is 6.31. The summed E-state index contributed by atoms with van der Waals surface area (Å²) in [6.45, 7) is 0. The number of anilines is 1. The molecule has 1 fully saturated rings. The Morgan fingerprint density at radius 3 is 2.76 bits per heavy atom. The van der Waals surface area contributed by atoms with Gasteiger partial charge in [0.05, 0.1) is 23.6 Å². The standard InChI is InChI=1S/C24H21ClF3N5O/c25-15-4-5-20-19(9-15)21(11-22(32-20)24(26,27)28)30-16-2-1-3-17(10-16)31-23(34)14-6-7-33-13-29-12-18(33)8-14/h4-9,11-13,16-17H,1-3,10H2,(H,30,32)(H,31,34)/t16-,17+/m0/s1. The van der Waals surface area contributed by atoms with Crippen LogP contribution in [-0.4, -0.2) is 32.4 Å². The van der Waals surface area contributed by atoms with Gasteiger partial charge in [0.15, 0.2) is 0 Å². The van der Waals surface area contributed by atoms with E-state index in [1.807, 2.05) is 4.40 Å². The molecule has 3 aromatic heterocycles. The van der Waals surface area contributed by atoms with Crippen molar-refractivity contribution < 1.29 is 18.0 Å². The largest absolute Gasteiger partial charge is 0.433 e. The van der Waals surface area contributed by atoms with E-state index in [0.29, 0.717) is 28.1 Å². The van der Waals surface area contributed by atoms with Crippen LogP contribution in [0.25, 0.3) is 16.4 Å². The molecule has 10 heteroatoms. The monoisotopic (exact) mass is 487 g/mol. The molecule has 0 radical (unpaired) electrons. The Hall–Kier alpha value is -3.33. The number of hydrogen-bond donors (Lipinski definition) is 2. The second kappa shape index (κ2) is 8.79. The van der Waals surface area contributed by atoms with Gasteiger partial charge in [0.1, 0.15) is 5.69 Å². The first-order valence-corrected chi connectivity index (χ1v) is 11.3. The lowest BCUT2D eigenvalue weighted by Gasteiger charge is -2.31. The third kappa shape index (κ3) is 4.65. The number of aromatic nitrogens is 3. The molecule has 1 aliphatic carbocycles. The van der Waals surface area contributed by atoms with Gasteiger partial charge in [-0.05, 0) is 62.1 Å². The third-order valence-electron chi connectivity index (χ3n) is 6.11. The molecule has 3 heterocycles. The van der Waals surface area contributed by atoms with Gasteiger partial charge in [0.2, 0.25) is 0 Å². The Bertz CT molecular complexity index is 1370. The summed E-state index contributed by atoms with van der Waals surface area (Å²) in [7, 11) is 0. The van der Waals surface area contributed by atoms with Crippen LogP contribution in [0.1, 0.15) is 41.7 Å². The zero-order valence-corrected chi connectivity index (χ0v) is 18.7. The van der Waals surface area contributed by atoms with Crippen molar-refractivity contribution in [1.29, 1.82) is 0 Å². The van der Waals surface area contributed by atoms with Crippen molar-refractivity contribution in [3.05, 3.63) is 71.4 Å². The van der Waals surface area contributed by atoms with Crippen LogP contribution in [0, 0.1) is 0 Å². The van der Waals surface area contributed by atoms with E-state index in [4.69, 9.17) is 11.6 Å². The first-order chi connectivity index (χ1) is 16.3. The molecule has 34 heavy (non-hydrogen) atoms. The number of amides is 1. The van der Waals surface area contributed by atoms with Gasteiger partial charge in [-0.1, -0.05) is 11.6 Å². The lowest BCUT2D eigenvalue weighted by atomic mass is 9.90. The quantitative estimate of drug-likeness (QED) is 0.387. The molecule has 0 bridgehead atoms. The molecule has 2 atom stereocenters. The molecule has 1 amide bonds. The first-order valence-electron chi connectivity index (χ1n) is 10.9. The van der Waals surface area contributed by atoms with Crippen molar-refractivity contribution in [2.75, 3.05) is 5.32 Å². The maximum atomic E-state index is 13.4. The van der Waals surface area contributed by atoms with Crippen molar-refractivity contribution in [1.82, 2.24) is 19.7 Å². The molecule has 1 aromatic carbocycles. The number of carbonyl (C=O) groups is 1. The average molecular weight is 488 g/mol. The summed E-state index contributed by atoms with van der Waals surface area (Å²) in [5.41, 5.74) is 0.952. The number of nitrogens with one attached hydrogen (secondary N) is 2. The normalized spacial score (nSPS) is 18.8. The maximum absolute atomic E-state index is 13.4. The Morgan fingerprint density at radius 1 is 1.12 bits per heavy atom. The number of halogens is 4. The van der Waals surface area contributed by atoms with E-state index in [2.05, 4.69) is 20.6 Å². The van der Waals surface area contributed by atoms with E-state index in [1.54, 1.807) is 36.9 Å². The smallest absolute Gasteiger partial charge is 0.382 e. The number of rotatable bonds is 4. The molecular weight excluding hydrogens is 467 g/mol. The van der Waals surface area contributed by atoms with E-state index >= 15 is 0 Å². The summed E-state index contributed by atoms with van der Waals surface area (Å²) in [5, 5.41) is 7.28. The summed E-state index contributed by atoms with van der Waals surface area (Å²) in [6.07, 6.45) is 3.55. The second-order valence-corrected chi connectivity index (χ2v) is 8.97. The van der Waals surface area contributed by atoms with Crippen LogP contribution < -0.4 is 10.6 Å². The summed E-state index contributed by atoms with van der Waals surface area (Å²) in [4.78, 5) is 20.6. The van der Waals surface area contributed by atoms with Gasteiger partial charge in [-0.2, -0.15) is 13.2 Å². The van der Waals surface area contributed by atoms with Crippen molar-refractivity contribution in [3.63, 3.8) is 0 Å². The molecule has 5 rings (SSSR count). The number of benzene rings is 1. The first kappa shape index (κ1) is 22.5. The second-order valence-electron chi connectivity index (χ2n) is 8.53. The minimum Gasteiger partial charge on any atom is -0.382 e. The van der Waals surface area contributed by atoms with Crippen LogP contribution in [0.4, 0.5) is 18.9 Å². The predicted octanol–water partition coefficient (Wildman–Crippen LogP) is 5.71. The van der Waals surface area contributed by atoms with Crippen molar-refractivity contribution in [2.24, 2.45) is 0 Å². The Labute approximate surface area is 198 Å². The van der Waals surface area contributed by atoms with E-state index in [-0.39, 0.29) is 23.5 Å². The molecule has 4 aromatic rings. The summed E-state index contributed by atoms with van der Waals surface area (Å²) in [5.74, 6) is -0.185. The maximum Gasteiger partial charge on any atom is 0.433 e. The third-order valence-corrected chi connectivity index (χ3v) is 6.34. The fourth-order valence-corrected chi connectivity index (χ4v) is 4.64. The zero-order valence-electron chi connectivity index (χ0n) is 17.9. The molecule has 1 aliphatic rings. The molecule has 0 unspecified atom stereocenters. The van der Waals surface area contributed by atoms with Crippen molar-refractivity contribution >= 4 is 39.6 Å². The van der Waals surface area contributed by atoms with Gasteiger partial charge in [-0.25, -0.2) is 9.97 Å². The molecule has 6 nitrogen and oxygen atoms in total. The number of pyridine rings is 2. The van der Waals surface area contributed by atoms with E-state index in [1.165, 1.54) is 12.1 Å². The average Bonchev–Trinajstić information content (AvgIpc) is 3.27. The number of alkyl halides is 3. The van der Waals surface area contributed by atoms with Gasteiger partial charge >= 0.3 is 6.18 Å². The van der Waals surface area contributed by atoms with Crippen LogP contribution in [-0.2, 0) is 6.18 Å². The highest BCUT2D eigenvalue weighted by Crippen LogP contribution is 2.35. The van der Waals surface area contributed by atoms with Crippen LogP contribution in [0.2, 0.25) is 5.02 Å². The van der Waals surface area contributed by atoms with Gasteiger partial charge < -0.3 is 15.0 Å². The van der Waals surface area contributed by atoms with Crippen LogP contribution in [0.15, 0.2) is 55.1 Å². The van der Waals surface area contributed by atoms with E-state index < -0.39 is 11.9 Å². The highest BCUT2D eigenvalue weighted by Gasteiger charge is 2.34. The molecule has 176 valence electrons. The highest BCUT2D eigenvalue weighted by atomic mass is 35.5. The number of nitrogens with zero attached hydrogens (tertiary/aromatic N) is 3. The Balaban J connectivity index is 1.34. The van der Waals surface area contributed by atoms with Crippen LogP contribution >= 0.6 is 11.6 Å². The lowest BCUT2D eigenvalue weighted by Crippen LogP contribution is -2.41. The number of fused-ring (bicyclic) bond motifs is 2. The molecule has 1 saturated carbocycles. The topological polar surface area (TPSA) is 71.3 Å². The lowest BCUT2D eigenvalue weighted by molar-refractivity contribution is -0.140. The van der Waals surface area contributed by atoms with Gasteiger partial charge in [-0.15, -0.1) is 0 Å². The van der Waals surface area contributed by atoms with Gasteiger partial charge in [-0.3, -0.25) is 4.79 Å².